The van der Waals surface area contributed by atoms with Crippen molar-refractivity contribution in [1.29, 1.82) is 0 Å². The lowest BCUT2D eigenvalue weighted by molar-refractivity contribution is -0.135. The Bertz CT molecular complexity index is 422. The minimum absolute atomic E-state index is 0. The molecule has 0 aromatic carbocycles. The summed E-state index contributed by atoms with van der Waals surface area (Å²) in [6, 6.07) is 0.144. The van der Waals surface area contributed by atoms with Crippen LogP contribution in [0.1, 0.15) is 19.3 Å². The number of carbonyl (C=O) groups is 2. The molecule has 7 nitrogen and oxygen atoms in total. The Hall–Kier alpha value is -0.600. The van der Waals surface area contributed by atoms with E-state index in [1.165, 1.54) is 0 Å². The molecule has 0 aromatic heterocycles. The third-order valence-electron chi connectivity index (χ3n) is 4.96. The van der Waals surface area contributed by atoms with Gasteiger partial charge < -0.3 is 19.9 Å². The highest BCUT2D eigenvalue weighted by Crippen LogP contribution is 2.10. The first-order valence-corrected chi connectivity index (χ1v) is 8.81. The second kappa shape index (κ2) is 11.2. The van der Waals surface area contributed by atoms with Gasteiger partial charge in [0.2, 0.25) is 11.8 Å². The van der Waals surface area contributed by atoms with E-state index in [0.29, 0.717) is 19.6 Å². The summed E-state index contributed by atoms with van der Waals surface area (Å²) < 4.78 is 5.40. The maximum atomic E-state index is 12.3. The van der Waals surface area contributed by atoms with Crippen molar-refractivity contribution in [1.82, 2.24) is 20.0 Å². The zero-order valence-electron chi connectivity index (χ0n) is 14.7. The standard InChI is InChI=1S/C16H28N4O3.2ClH/c21-15(11-14-13-23-10-3-17-14)20-8-6-18(7-9-20)12-16(22)19-4-1-2-5-19;;/h14,17H,1-13H2;2*1H. The molecule has 1 N–H and O–H groups in total. The first kappa shape index (κ1) is 22.4. The lowest BCUT2D eigenvalue weighted by Gasteiger charge is -2.36. The molecule has 2 amide bonds. The first-order chi connectivity index (χ1) is 11.2. The topological polar surface area (TPSA) is 65.1 Å². The second-order valence-electron chi connectivity index (χ2n) is 6.67. The van der Waals surface area contributed by atoms with Gasteiger partial charge in [-0.2, -0.15) is 0 Å². The predicted molar refractivity (Wildman–Crippen MR) is 101 cm³/mol. The monoisotopic (exact) mass is 396 g/mol. The van der Waals surface area contributed by atoms with Crippen LogP contribution in [0.25, 0.3) is 0 Å². The lowest BCUT2D eigenvalue weighted by atomic mass is 10.1. The Morgan fingerprint density at radius 1 is 0.920 bits per heavy atom. The molecule has 0 radical (unpaired) electrons. The molecule has 0 aliphatic carbocycles. The molecule has 25 heavy (non-hydrogen) atoms. The molecule has 0 aromatic rings. The third-order valence-corrected chi connectivity index (χ3v) is 4.96. The number of likely N-dealkylation sites (tertiary alicyclic amines) is 1. The summed E-state index contributed by atoms with van der Waals surface area (Å²) >= 11 is 0. The van der Waals surface area contributed by atoms with Crippen molar-refractivity contribution in [3.8, 4) is 0 Å². The van der Waals surface area contributed by atoms with Crippen LogP contribution in [0.15, 0.2) is 0 Å². The Kier molecular flexibility index (Phi) is 10.0. The van der Waals surface area contributed by atoms with E-state index in [-0.39, 0.29) is 42.7 Å². The van der Waals surface area contributed by atoms with Gasteiger partial charge in [-0.05, 0) is 12.8 Å². The van der Waals surface area contributed by atoms with Crippen molar-refractivity contribution in [2.75, 3.05) is 65.6 Å². The highest BCUT2D eigenvalue weighted by molar-refractivity contribution is 5.85. The van der Waals surface area contributed by atoms with Crippen LogP contribution in [0.3, 0.4) is 0 Å². The number of nitrogens with one attached hydrogen (secondary N) is 1. The molecular formula is C16H30Cl2N4O3. The molecule has 0 saturated carbocycles. The van der Waals surface area contributed by atoms with Crippen molar-refractivity contribution >= 4 is 36.6 Å². The van der Waals surface area contributed by atoms with Gasteiger partial charge in [0.1, 0.15) is 0 Å². The summed E-state index contributed by atoms with van der Waals surface area (Å²) in [7, 11) is 0. The summed E-state index contributed by atoms with van der Waals surface area (Å²) in [5.41, 5.74) is 0. The quantitative estimate of drug-likeness (QED) is 0.722. The zero-order chi connectivity index (χ0) is 16.1. The second-order valence-corrected chi connectivity index (χ2v) is 6.67. The van der Waals surface area contributed by atoms with E-state index in [0.717, 1.165) is 65.3 Å². The van der Waals surface area contributed by atoms with Gasteiger partial charge in [-0.1, -0.05) is 0 Å². The first-order valence-electron chi connectivity index (χ1n) is 8.81. The maximum Gasteiger partial charge on any atom is 0.236 e. The predicted octanol–water partition coefficient (Wildman–Crippen LogP) is -0.0249. The highest BCUT2D eigenvalue weighted by Gasteiger charge is 2.26. The Morgan fingerprint density at radius 3 is 2.16 bits per heavy atom. The zero-order valence-corrected chi connectivity index (χ0v) is 16.3. The minimum Gasteiger partial charge on any atom is -0.378 e. The van der Waals surface area contributed by atoms with E-state index in [9.17, 15) is 9.59 Å². The third kappa shape index (κ3) is 6.57. The van der Waals surface area contributed by atoms with Gasteiger partial charge in [-0.3, -0.25) is 14.5 Å². The smallest absolute Gasteiger partial charge is 0.236 e. The summed E-state index contributed by atoms with van der Waals surface area (Å²) in [4.78, 5) is 30.6. The molecule has 3 aliphatic heterocycles. The Balaban J connectivity index is 0.00000156. The maximum absolute atomic E-state index is 12.3. The minimum atomic E-state index is 0. The Morgan fingerprint density at radius 2 is 1.56 bits per heavy atom. The molecule has 1 atom stereocenters. The number of halogens is 2. The molecule has 146 valence electrons. The summed E-state index contributed by atoms with van der Waals surface area (Å²) in [5.74, 6) is 0.435. The van der Waals surface area contributed by atoms with Crippen LogP contribution in [0, 0.1) is 0 Å². The molecule has 1 unspecified atom stereocenters. The van der Waals surface area contributed by atoms with Gasteiger partial charge in [0.25, 0.3) is 0 Å². The van der Waals surface area contributed by atoms with Gasteiger partial charge in [0.05, 0.1) is 19.8 Å². The number of hydrogen-bond acceptors (Lipinski definition) is 5. The molecule has 3 aliphatic rings. The number of amides is 2. The van der Waals surface area contributed by atoms with Crippen molar-refractivity contribution in [3.63, 3.8) is 0 Å². The largest absolute Gasteiger partial charge is 0.378 e. The molecule has 9 heteroatoms. The molecule has 3 heterocycles. The van der Waals surface area contributed by atoms with Crippen LogP contribution in [-0.4, -0.2) is 98.1 Å². The average molecular weight is 397 g/mol. The van der Waals surface area contributed by atoms with Crippen LogP contribution < -0.4 is 5.32 Å². The highest BCUT2D eigenvalue weighted by atomic mass is 35.5. The van der Waals surface area contributed by atoms with Crippen LogP contribution in [0.5, 0.6) is 0 Å². The van der Waals surface area contributed by atoms with Crippen molar-refractivity contribution < 1.29 is 14.3 Å². The summed E-state index contributed by atoms with van der Waals surface area (Å²) in [6.07, 6.45) is 2.77. The number of piperazine rings is 1. The van der Waals surface area contributed by atoms with Gasteiger partial charge in [0.15, 0.2) is 0 Å². The fourth-order valence-corrected chi connectivity index (χ4v) is 3.50. The number of carbonyl (C=O) groups excluding carboxylic acids is 2. The van der Waals surface area contributed by atoms with Crippen LogP contribution in [0.2, 0.25) is 0 Å². The Labute approximate surface area is 162 Å². The van der Waals surface area contributed by atoms with E-state index >= 15 is 0 Å². The van der Waals surface area contributed by atoms with E-state index in [2.05, 4.69) is 10.2 Å². The number of nitrogens with zero attached hydrogens (tertiary/aromatic N) is 3. The van der Waals surface area contributed by atoms with Crippen molar-refractivity contribution in [3.05, 3.63) is 0 Å². The SMILES string of the molecule is Cl.Cl.O=C(CC1COCCN1)N1CCN(CC(=O)N2CCCC2)CC1. The normalized spacial score (nSPS) is 24.4. The van der Waals surface area contributed by atoms with E-state index in [4.69, 9.17) is 4.74 Å². The van der Waals surface area contributed by atoms with Gasteiger partial charge in [0, 0.05) is 58.3 Å². The fraction of sp³-hybridized carbons (Fsp3) is 0.875. The number of ether oxygens (including phenoxy) is 1. The number of hydrogen-bond donors (Lipinski definition) is 1. The number of morpholine rings is 1. The van der Waals surface area contributed by atoms with Gasteiger partial charge >= 0.3 is 0 Å². The molecule has 0 bridgehead atoms. The van der Waals surface area contributed by atoms with Crippen LogP contribution in [0.4, 0.5) is 0 Å². The fourth-order valence-electron chi connectivity index (χ4n) is 3.50. The van der Waals surface area contributed by atoms with Gasteiger partial charge in [-0.25, -0.2) is 0 Å². The lowest BCUT2D eigenvalue weighted by Crippen LogP contribution is -2.53. The molecule has 0 spiro atoms. The van der Waals surface area contributed by atoms with Gasteiger partial charge in [-0.15, -0.1) is 24.8 Å². The van der Waals surface area contributed by atoms with E-state index in [1.54, 1.807) is 0 Å². The number of rotatable bonds is 4. The van der Waals surface area contributed by atoms with Crippen LogP contribution in [-0.2, 0) is 14.3 Å². The molecule has 3 saturated heterocycles. The molecule has 3 rings (SSSR count). The van der Waals surface area contributed by atoms with E-state index < -0.39 is 0 Å². The van der Waals surface area contributed by atoms with E-state index in [1.807, 2.05) is 9.80 Å². The van der Waals surface area contributed by atoms with Crippen molar-refractivity contribution in [2.45, 2.75) is 25.3 Å². The van der Waals surface area contributed by atoms with Crippen LogP contribution >= 0.6 is 24.8 Å². The molecular weight excluding hydrogens is 367 g/mol. The summed E-state index contributed by atoms with van der Waals surface area (Å²) in [6.45, 7) is 7.52. The summed E-state index contributed by atoms with van der Waals surface area (Å²) in [5, 5.41) is 3.32. The van der Waals surface area contributed by atoms with Crippen molar-refractivity contribution in [2.24, 2.45) is 0 Å². The molecule has 3 fully saturated rings. The average Bonchev–Trinajstić information content (AvgIpc) is 3.11.